The fraction of sp³-hybridized carbons (Fsp3) is 0.278. The van der Waals surface area contributed by atoms with Crippen molar-refractivity contribution in [2.75, 3.05) is 6.61 Å². The Kier molecular flexibility index (Phi) is 4.89. The highest BCUT2D eigenvalue weighted by Gasteiger charge is 2.14. The molecule has 22 heavy (non-hydrogen) atoms. The number of aromatic amines is 1. The first kappa shape index (κ1) is 16.5. The average molecular weight is 318 g/mol. The second-order valence-corrected chi connectivity index (χ2v) is 6.58. The molecule has 4 heteroatoms. The molecule has 0 fully saturated rings. The van der Waals surface area contributed by atoms with Gasteiger partial charge in [-0.2, -0.15) is 0 Å². The third kappa shape index (κ3) is 3.67. The summed E-state index contributed by atoms with van der Waals surface area (Å²) in [4.78, 5) is 14.4. The van der Waals surface area contributed by atoms with Gasteiger partial charge < -0.3 is 10.1 Å². The van der Waals surface area contributed by atoms with E-state index < -0.39 is 0 Å². The van der Waals surface area contributed by atoms with Crippen molar-refractivity contribution >= 4 is 17.2 Å². The van der Waals surface area contributed by atoms with Gasteiger partial charge in [-0.25, -0.2) is 0 Å². The standard InChI is InChI=1S/C18H20ClNO2/c1-18(2,3)13-6-4-12(5-7-13)14(10-11-21)16-9-8-15(19)17(22)20-16/h4-10,21H,11H2,1-3H3,(H,20,22)/b14-10+. The van der Waals surface area contributed by atoms with Crippen LogP contribution in [0.1, 0.15) is 37.6 Å². The molecule has 0 bridgehead atoms. The molecular formula is C18H20ClNO2. The van der Waals surface area contributed by atoms with E-state index in [0.717, 1.165) is 11.1 Å². The van der Waals surface area contributed by atoms with E-state index in [1.807, 2.05) is 12.1 Å². The number of aliphatic hydroxyl groups excluding tert-OH is 1. The minimum absolute atomic E-state index is 0.0774. The first-order valence-electron chi connectivity index (χ1n) is 7.14. The number of hydrogen-bond donors (Lipinski definition) is 2. The fourth-order valence-electron chi connectivity index (χ4n) is 2.24. The van der Waals surface area contributed by atoms with E-state index in [1.54, 1.807) is 18.2 Å². The van der Waals surface area contributed by atoms with E-state index >= 15 is 0 Å². The SMILES string of the molecule is CC(C)(C)c1ccc(/C(=C\CO)c2ccc(Cl)c(=O)[nH]2)cc1. The van der Waals surface area contributed by atoms with Gasteiger partial charge in [-0.1, -0.05) is 56.6 Å². The Hall–Kier alpha value is -1.84. The minimum Gasteiger partial charge on any atom is -0.392 e. The number of pyridine rings is 1. The van der Waals surface area contributed by atoms with Crippen LogP contribution in [-0.2, 0) is 5.41 Å². The Balaban J connectivity index is 2.47. The van der Waals surface area contributed by atoms with Crippen molar-refractivity contribution in [1.29, 1.82) is 0 Å². The lowest BCUT2D eigenvalue weighted by molar-refractivity contribution is 0.343. The zero-order chi connectivity index (χ0) is 16.3. The van der Waals surface area contributed by atoms with Gasteiger partial charge in [-0.3, -0.25) is 4.79 Å². The summed E-state index contributed by atoms with van der Waals surface area (Å²) >= 11 is 5.77. The van der Waals surface area contributed by atoms with Crippen LogP contribution in [0.4, 0.5) is 0 Å². The predicted molar refractivity (Wildman–Crippen MR) is 91.4 cm³/mol. The topological polar surface area (TPSA) is 53.1 Å². The Morgan fingerprint density at radius 2 is 1.82 bits per heavy atom. The van der Waals surface area contributed by atoms with E-state index in [2.05, 4.69) is 37.9 Å². The summed E-state index contributed by atoms with van der Waals surface area (Å²) in [5.41, 5.74) is 3.30. The van der Waals surface area contributed by atoms with Crippen LogP contribution in [0, 0.1) is 0 Å². The van der Waals surface area contributed by atoms with Gasteiger partial charge in [0.25, 0.3) is 5.56 Å². The van der Waals surface area contributed by atoms with Crippen molar-refractivity contribution in [3.05, 3.63) is 74.7 Å². The first-order valence-corrected chi connectivity index (χ1v) is 7.52. The lowest BCUT2D eigenvalue weighted by atomic mass is 9.86. The highest BCUT2D eigenvalue weighted by Crippen LogP contribution is 2.26. The van der Waals surface area contributed by atoms with Crippen LogP contribution in [0.25, 0.3) is 5.57 Å². The first-order chi connectivity index (χ1) is 10.3. The van der Waals surface area contributed by atoms with E-state index in [4.69, 9.17) is 11.6 Å². The number of aliphatic hydroxyl groups is 1. The Morgan fingerprint density at radius 3 is 2.32 bits per heavy atom. The Bertz CT molecular complexity index is 737. The second-order valence-electron chi connectivity index (χ2n) is 6.18. The predicted octanol–water partition coefficient (Wildman–Crippen LogP) is 3.75. The van der Waals surface area contributed by atoms with Gasteiger partial charge in [0, 0.05) is 11.3 Å². The number of H-pyrrole nitrogens is 1. The van der Waals surface area contributed by atoms with Crippen molar-refractivity contribution in [3.8, 4) is 0 Å². The van der Waals surface area contributed by atoms with E-state index in [0.29, 0.717) is 5.69 Å². The fourth-order valence-corrected chi connectivity index (χ4v) is 2.35. The monoisotopic (exact) mass is 317 g/mol. The van der Waals surface area contributed by atoms with Gasteiger partial charge in [0.15, 0.2) is 0 Å². The summed E-state index contributed by atoms with van der Waals surface area (Å²) in [5, 5.41) is 9.42. The quantitative estimate of drug-likeness (QED) is 0.906. The molecule has 0 aliphatic rings. The van der Waals surface area contributed by atoms with Gasteiger partial charge >= 0.3 is 0 Å². The molecule has 1 heterocycles. The van der Waals surface area contributed by atoms with Crippen molar-refractivity contribution in [2.24, 2.45) is 0 Å². The van der Waals surface area contributed by atoms with Gasteiger partial charge in [0.05, 0.1) is 6.61 Å². The average Bonchev–Trinajstić information content (AvgIpc) is 2.47. The smallest absolute Gasteiger partial charge is 0.267 e. The number of benzene rings is 1. The highest BCUT2D eigenvalue weighted by molar-refractivity contribution is 6.30. The highest BCUT2D eigenvalue weighted by atomic mass is 35.5. The molecule has 2 rings (SSSR count). The van der Waals surface area contributed by atoms with Gasteiger partial charge in [0.2, 0.25) is 0 Å². The van der Waals surface area contributed by atoms with E-state index in [-0.39, 0.29) is 22.6 Å². The molecule has 0 amide bonds. The summed E-state index contributed by atoms with van der Waals surface area (Å²) in [6.07, 6.45) is 1.67. The van der Waals surface area contributed by atoms with Crippen molar-refractivity contribution < 1.29 is 5.11 Å². The van der Waals surface area contributed by atoms with E-state index in [9.17, 15) is 9.90 Å². The van der Waals surface area contributed by atoms with Gasteiger partial charge in [0.1, 0.15) is 5.02 Å². The molecule has 0 saturated carbocycles. The van der Waals surface area contributed by atoms with Crippen molar-refractivity contribution in [1.82, 2.24) is 4.98 Å². The van der Waals surface area contributed by atoms with Crippen molar-refractivity contribution in [3.63, 3.8) is 0 Å². The molecule has 0 unspecified atom stereocenters. The minimum atomic E-state index is -0.339. The lowest BCUT2D eigenvalue weighted by Crippen LogP contribution is -2.11. The van der Waals surface area contributed by atoms with Crippen LogP contribution < -0.4 is 5.56 Å². The summed E-state index contributed by atoms with van der Waals surface area (Å²) in [6, 6.07) is 11.4. The second kappa shape index (κ2) is 6.51. The van der Waals surface area contributed by atoms with Crippen LogP contribution >= 0.6 is 11.6 Å². The molecule has 0 aliphatic heterocycles. The molecular weight excluding hydrogens is 298 g/mol. The number of rotatable bonds is 3. The molecule has 3 nitrogen and oxygen atoms in total. The molecule has 116 valence electrons. The zero-order valence-electron chi connectivity index (χ0n) is 13.0. The van der Waals surface area contributed by atoms with Crippen LogP contribution in [0.15, 0.2) is 47.3 Å². The molecule has 0 radical (unpaired) electrons. The van der Waals surface area contributed by atoms with Crippen LogP contribution in [0.2, 0.25) is 5.02 Å². The maximum Gasteiger partial charge on any atom is 0.267 e. The number of aromatic nitrogens is 1. The van der Waals surface area contributed by atoms with Crippen molar-refractivity contribution in [2.45, 2.75) is 26.2 Å². The molecule has 1 aromatic carbocycles. The summed E-state index contributed by atoms with van der Waals surface area (Å²) in [7, 11) is 0. The van der Waals surface area contributed by atoms with Gasteiger partial charge in [-0.05, 0) is 34.8 Å². The molecule has 0 atom stereocenters. The number of halogens is 1. The normalized spacial score (nSPS) is 12.5. The Morgan fingerprint density at radius 1 is 1.18 bits per heavy atom. The van der Waals surface area contributed by atoms with Crippen LogP contribution in [0.3, 0.4) is 0 Å². The van der Waals surface area contributed by atoms with Gasteiger partial charge in [-0.15, -0.1) is 0 Å². The lowest BCUT2D eigenvalue weighted by Gasteiger charge is -2.19. The van der Waals surface area contributed by atoms with Crippen LogP contribution in [0.5, 0.6) is 0 Å². The maximum absolute atomic E-state index is 11.7. The number of nitrogens with one attached hydrogen (secondary N) is 1. The molecule has 2 aromatic rings. The largest absolute Gasteiger partial charge is 0.392 e. The summed E-state index contributed by atoms with van der Waals surface area (Å²) in [6.45, 7) is 6.36. The third-order valence-electron chi connectivity index (χ3n) is 3.51. The Labute approximate surface area is 135 Å². The molecule has 0 saturated heterocycles. The number of hydrogen-bond acceptors (Lipinski definition) is 2. The summed E-state index contributed by atoms with van der Waals surface area (Å²) in [5.74, 6) is 0. The molecule has 1 aromatic heterocycles. The maximum atomic E-state index is 11.7. The molecule has 2 N–H and O–H groups in total. The summed E-state index contributed by atoms with van der Waals surface area (Å²) < 4.78 is 0. The molecule has 0 aliphatic carbocycles. The molecule has 0 spiro atoms. The van der Waals surface area contributed by atoms with Crippen LogP contribution in [-0.4, -0.2) is 16.7 Å². The van der Waals surface area contributed by atoms with E-state index in [1.165, 1.54) is 5.56 Å². The third-order valence-corrected chi connectivity index (χ3v) is 3.81. The zero-order valence-corrected chi connectivity index (χ0v) is 13.7.